The summed E-state index contributed by atoms with van der Waals surface area (Å²) < 4.78 is 0. The molecule has 3 rings (SSSR count). The molecule has 1 aromatic heterocycles. The van der Waals surface area contributed by atoms with Gasteiger partial charge in [-0.25, -0.2) is 0 Å². The number of hydrogen-bond acceptors (Lipinski definition) is 2. The van der Waals surface area contributed by atoms with E-state index in [2.05, 4.69) is 15.6 Å². The third-order valence-corrected chi connectivity index (χ3v) is 4.05. The second-order valence-corrected chi connectivity index (χ2v) is 5.83. The van der Waals surface area contributed by atoms with Crippen molar-refractivity contribution in [2.24, 2.45) is 0 Å². The minimum absolute atomic E-state index is 0.475. The van der Waals surface area contributed by atoms with Crippen LogP contribution in [0.4, 0.5) is 11.4 Å². The van der Waals surface area contributed by atoms with E-state index in [-0.39, 0.29) is 0 Å². The summed E-state index contributed by atoms with van der Waals surface area (Å²) in [5, 5.41) is 9.83. The van der Waals surface area contributed by atoms with Gasteiger partial charge in [-0.2, -0.15) is 0 Å². The van der Waals surface area contributed by atoms with Crippen LogP contribution in [0.3, 0.4) is 0 Å². The van der Waals surface area contributed by atoms with Crippen LogP contribution in [0.5, 0.6) is 0 Å². The average molecular weight is 348 g/mol. The van der Waals surface area contributed by atoms with E-state index in [1.165, 1.54) is 0 Å². The number of rotatable bonds is 2. The van der Waals surface area contributed by atoms with Crippen LogP contribution < -0.4 is 10.6 Å². The van der Waals surface area contributed by atoms with Crippen molar-refractivity contribution in [2.45, 2.75) is 0 Å². The molecule has 0 unspecified atom stereocenters. The molecule has 2 N–H and O–H groups in total. The van der Waals surface area contributed by atoms with Crippen molar-refractivity contribution >= 4 is 62.7 Å². The van der Waals surface area contributed by atoms with Crippen LogP contribution in [0.2, 0.25) is 10.0 Å². The molecule has 2 aromatic carbocycles. The van der Waals surface area contributed by atoms with Gasteiger partial charge in [-0.15, -0.1) is 0 Å². The van der Waals surface area contributed by atoms with E-state index in [0.29, 0.717) is 15.2 Å². The summed E-state index contributed by atoms with van der Waals surface area (Å²) in [5.74, 6) is 0. The number of nitrogens with one attached hydrogen (secondary N) is 2. The highest BCUT2D eigenvalue weighted by atomic mass is 35.5. The van der Waals surface area contributed by atoms with E-state index in [0.717, 1.165) is 22.1 Å². The predicted octanol–water partition coefficient (Wildman–Crippen LogP) is 5.35. The molecule has 0 amide bonds. The summed E-state index contributed by atoms with van der Waals surface area (Å²) in [6.07, 6.45) is 3.57. The fourth-order valence-electron chi connectivity index (χ4n) is 2.09. The molecule has 110 valence electrons. The topological polar surface area (TPSA) is 37.0 Å². The smallest absolute Gasteiger partial charge is 0.175 e. The second kappa shape index (κ2) is 6.48. The maximum Gasteiger partial charge on any atom is 0.175 e. The van der Waals surface area contributed by atoms with Crippen LogP contribution in [-0.2, 0) is 0 Å². The van der Waals surface area contributed by atoms with Crippen molar-refractivity contribution in [1.29, 1.82) is 0 Å². The van der Waals surface area contributed by atoms with Crippen molar-refractivity contribution in [2.75, 3.05) is 10.6 Å². The van der Waals surface area contributed by atoms with Gasteiger partial charge in [-0.3, -0.25) is 4.98 Å². The maximum atomic E-state index is 5.99. The molecule has 6 heteroatoms. The lowest BCUT2D eigenvalue weighted by Crippen LogP contribution is -2.19. The Morgan fingerprint density at radius 1 is 1.00 bits per heavy atom. The monoisotopic (exact) mass is 347 g/mol. The molecule has 3 nitrogen and oxygen atoms in total. The Kier molecular flexibility index (Phi) is 4.43. The minimum atomic E-state index is 0.475. The first-order valence-corrected chi connectivity index (χ1v) is 7.66. The Hall–Kier alpha value is -1.88. The van der Waals surface area contributed by atoms with Crippen LogP contribution >= 0.6 is 35.4 Å². The number of thiocarbonyl (C=S) groups is 1. The lowest BCUT2D eigenvalue weighted by atomic mass is 10.1. The van der Waals surface area contributed by atoms with Gasteiger partial charge >= 0.3 is 0 Å². The van der Waals surface area contributed by atoms with Crippen LogP contribution in [0.1, 0.15) is 0 Å². The number of nitrogens with zero attached hydrogens (tertiary/aromatic N) is 1. The van der Waals surface area contributed by atoms with E-state index in [9.17, 15) is 0 Å². The number of hydrogen-bond donors (Lipinski definition) is 2. The summed E-state index contributed by atoms with van der Waals surface area (Å²) in [6.45, 7) is 0. The van der Waals surface area contributed by atoms with Crippen molar-refractivity contribution in [3.63, 3.8) is 0 Å². The second-order valence-electron chi connectivity index (χ2n) is 4.61. The van der Waals surface area contributed by atoms with Gasteiger partial charge in [0, 0.05) is 34.5 Å². The molecular weight excluding hydrogens is 337 g/mol. The zero-order chi connectivity index (χ0) is 15.5. The molecule has 0 aliphatic heterocycles. The number of aromatic nitrogens is 1. The van der Waals surface area contributed by atoms with Gasteiger partial charge in [0.1, 0.15) is 0 Å². The zero-order valence-corrected chi connectivity index (χ0v) is 13.6. The average Bonchev–Trinajstić information content (AvgIpc) is 2.51. The molecule has 22 heavy (non-hydrogen) atoms. The normalized spacial score (nSPS) is 10.5. The van der Waals surface area contributed by atoms with Gasteiger partial charge in [-0.1, -0.05) is 35.3 Å². The van der Waals surface area contributed by atoms with Crippen molar-refractivity contribution < 1.29 is 0 Å². The Morgan fingerprint density at radius 2 is 1.86 bits per heavy atom. The van der Waals surface area contributed by atoms with Gasteiger partial charge < -0.3 is 10.6 Å². The molecule has 3 aromatic rings. The molecule has 1 heterocycles. The number of pyridine rings is 1. The highest BCUT2D eigenvalue weighted by Gasteiger charge is 2.05. The van der Waals surface area contributed by atoms with E-state index < -0.39 is 0 Å². The molecule has 0 aliphatic carbocycles. The van der Waals surface area contributed by atoms with Gasteiger partial charge in [0.25, 0.3) is 0 Å². The zero-order valence-electron chi connectivity index (χ0n) is 11.3. The Labute approximate surface area is 143 Å². The van der Waals surface area contributed by atoms with Gasteiger partial charge in [0.05, 0.1) is 10.0 Å². The summed E-state index contributed by atoms with van der Waals surface area (Å²) in [5.41, 5.74) is 1.69. The highest BCUT2D eigenvalue weighted by Crippen LogP contribution is 2.26. The SMILES string of the molecule is S=C(Nc1ccc(Cl)c(Cl)c1)Nc1cccc2cnccc12. The molecule has 0 fully saturated rings. The van der Waals surface area contributed by atoms with Crippen LogP contribution in [0.25, 0.3) is 10.8 Å². The van der Waals surface area contributed by atoms with E-state index in [1.807, 2.05) is 36.5 Å². The summed E-state index contributed by atoms with van der Waals surface area (Å²) >= 11 is 17.2. The first-order valence-electron chi connectivity index (χ1n) is 6.49. The largest absolute Gasteiger partial charge is 0.332 e. The minimum Gasteiger partial charge on any atom is -0.332 e. The fourth-order valence-corrected chi connectivity index (χ4v) is 2.62. The molecule has 0 radical (unpaired) electrons. The highest BCUT2D eigenvalue weighted by molar-refractivity contribution is 7.80. The molecule has 0 bridgehead atoms. The van der Waals surface area contributed by atoms with Crippen molar-refractivity contribution in [3.05, 3.63) is 64.9 Å². The molecular formula is C16H11Cl2N3S. The third-order valence-electron chi connectivity index (χ3n) is 3.11. The molecule has 0 atom stereocenters. The van der Waals surface area contributed by atoms with Gasteiger partial charge in [-0.05, 0) is 42.5 Å². The number of fused-ring (bicyclic) bond motifs is 1. The summed E-state index contributed by atoms with van der Waals surface area (Å²) in [4.78, 5) is 4.12. The van der Waals surface area contributed by atoms with Crippen molar-refractivity contribution in [1.82, 2.24) is 4.98 Å². The van der Waals surface area contributed by atoms with E-state index >= 15 is 0 Å². The number of halogens is 2. The lowest BCUT2D eigenvalue weighted by Gasteiger charge is -2.13. The van der Waals surface area contributed by atoms with E-state index in [4.69, 9.17) is 35.4 Å². The standard InChI is InChI=1S/C16H11Cl2N3S/c17-13-5-4-11(8-14(13)18)20-16(22)21-15-3-1-2-10-9-19-7-6-12(10)15/h1-9H,(H2,20,21,22). The van der Waals surface area contributed by atoms with Crippen molar-refractivity contribution in [3.8, 4) is 0 Å². The Bertz CT molecular complexity index is 846. The first kappa shape index (κ1) is 15.0. The van der Waals surface area contributed by atoms with Crippen LogP contribution in [0, 0.1) is 0 Å². The number of anilines is 2. The molecule has 0 saturated heterocycles. The lowest BCUT2D eigenvalue weighted by molar-refractivity contribution is 1.36. The maximum absolute atomic E-state index is 5.99. The van der Waals surface area contributed by atoms with E-state index in [1.54, 1.807) is 18.3 Å². The quantitative estimate of drug-likeness (QED) is 0.612. The fraction of sp³-hybridized carbons (Fsp3) is 0. The Balaban J connectivity index is 1.80. The molecule has 0 spiro atoms. The first-order chi connectivity index (χ1) is 10.6. The number of benzene rings is 2. The van der Waals surface area contributed by atoms with Gasteiger partial charge in [0.2, 0.25) is 0 Å². The van der Waals surface area contributed by atoms with Gasteiger partial charge in [0.15, 0.2) is 5.11 Å². The molecule has 0 aliphatic rings. The molecule has 0 saturated carbocycles. The third kappa shape index (κ3) is 3.30. The van der Waals surface area contributed by atoms with Crippen LogP contribution in [0.15, 0.2) is 54.9 Å². The van der Waals surface area contributed by atoms with Crippen LogP contribution in [-0.4, -0.2) is 10.1 Å². The Morgan fingerprint density at radius 3 is 2.68 bits per heavy atom. The summed E-state index contributed by atoms with van der Waals surface area (Å²) in [6, 6.07) is 13.1. The predicted molar refractivity (Wildman–Crippen MR) is 98.0 cm³/mol. The summed E-state index contributed by atoms with van der Waals surface area (Å²) in [7, 11) is 0.